The molecule has 0 radical (unpaired) electrons. The average Bonchev–Trinajstić information content (AvgIpc) is 3.27. The number of aromatic nitrogens is 5. The van der Waals surface area contributed by atoms with Gasteiger partial charge in [-0.15, -0.1) is 24.8 Å². The first-order valence-electron chi connectivity index (χ1n) is 10.5. The van der Waals surface area contributed by atoms with Gasteiger partial charge in [-0.05, 0) is 62.9 Å². The van der Waals surface area contributed by atoms with Crippen molar-refractivity contribution in [3.05, 3.63) is 11.9 Å². The Morgan fingerprint density at radius 3 is 2.61 bits per heavy atom. The van der Waals surface area contributed by atoms with Crippen LogP contribution >= 0.6 is 24.8 Å². The van der Waals surface area contributed by atoms with E-state index in [9.17, 15) is 5.11 Å². The summed E-state index contributed by atoms with van der Waals surface area (Å²) in [5, 5.41) is 17.6. The van der Waals surface area contributed by atoms with E-state index < -0.39 is 5.60 Å². The van der Waals surface area contributed by atoms with E-state index in [1.807, 2.05) is 11.5 Å². The summed E-state index contributed by atoms with van der Waals surface area (Å²) in [7, 11) is 0. The molecule has 0 aromatic carbocycles. The summed E-state index contributed by atoms with van der Waals surface area (Å²) in [5.74, 6) is 7.00. The summed E-state index contributed by atoms with van der Waals surface area (Å²) in [6.07, 6.45) is 3.86. The number of hydrogen-bond acceptors (Lipinski definition) is 9. The third kappa shape index (κ3) is 5.86. The number of hydrogen-bond donors (Lipinski definition) is 2. The summed E-state index contributed by atoms with van der Waals surface area (Å²) in [6.45, 7) is 9.73. The van der Waals surface area contributed by atoms with Crippen molar-refractivity contribution in [3.8, 4) is 29.1 Å². The van der Waals surface area contributed by atoms with Gasteiger partial charge in [-0.3, -0.25) is 0 Å². The Labute approximate surface area is 204 Å². The van der Waals surface area contributed by atoms with Gasteiger partial charge in [0.05, 0.1) is 12.8 Å². The average molecular weight is 498 g/mol. The molecule has 1 fully saturated rings. The van der Waals surface area contributed by atoms with Crippen LogP contribution in [0.3, 0.4) is 0 Å². The second kappa shape index (κ2) is 11.0. The molecule has 0 amide bonds. The zero-order chi connectivity index (χ0) is 22.0. The summed E-state index contributed by atoms with van der Waals surface area (Å²) in [5.41, 5.74) is 6.86. The molecule has 0 unspecified atom stereocenters. The van der Waals surface area contributed by atoms with Crippen LogP contribution in [-0.2, 0) is 6.54 Å². The molecule has 0 saturated carbocycles. The molecule has 0 spiro atoms. The third-order valence-electron chi connectivity index (χ3n) is 5.09. The van der Waals surface area contributed by atoms with Crippen LogP contribution in [0.2, 0.25) is 0 Å². The molecule has 4 rings (SSSR count). The van der Waals surface area contributed by atoms with E-state index in [0.717, 1.165) is 18.5 Å². The highest BCUT2D eigenvalue weighted by molar-refractivity contribution is 5.89. The largest absolute Gasteiger partial charge is 0.490 e. The van der Waals surface area contributed by atoms with Crippen LogP contribution in [0.25, 0.3) is 22.6 Å². The minimum Gasteiger partial charge on any atom is -0.490 e. The lowest BCUT2D eigenvalue weighted by Crippen LogP contribution is -2.38. The fraction of sp³-hybridized carbons (Fsp3) is 0.524. The van der Waals surface area contributed by atoms with E-state index in [2.05, 4.69) is 32.0 Å². The molecule has 1 saturated heterocycles. The minimum atomic E-state index is -1.16. The number of aliphatic hydroxyl groups is 1. The predicted molar refractivity (Wildman–Crippen MR) is 130 cm³/mol. The van der Waals surface area contributed by atoms with Crippen LogP contribution in [-0.4, -0.2) is 66.7 Å². The van der Waals surface area contributed by atoms with Crippen molar-refractivity contribution in [2.24, 2.45) is 0 Å². The highest BCUT2D eigenvalue weighted by Gasteiger charge is 2.23. The van der Waals surface area contributed by atoms with Crippen LogP contribution in [0.1, 0.15) is 39.3 Å². The topological polar surface area (TPSA) is 128 Å². The number of pyridine rings is 1. The van der Waals surface area contributed by atoms with Crippen molar-refractivity contribution in [2.45, 2.75) is 45.8 Å². The van der Waals surface area contributed by atoms with Gasteiger partial charge in [-0.1, -0.05) is 5.92 Å². The molecule has 12 heteroatoms. The zero-order valence-corrected chi connectivity index (χ0v) is 20.5. The molecule has 10 nitrogen and oxygen atoms in total. The molecular formula is C21H29Cl2N7O3. The fourth-order valence-electron chi connectivity index (χ4n) is 3.44. The lowest BCUT2D eigenvalue weighted by atomic mass is 10.1. The lowest BCUT2D eigenvalue weighted by Gasteiger charge is -2.30. The Balaban J connectivity index is 0.00000193. The maximum Gasteiger partial charge on any atom is 0.199 e. The summed E-state index contributed by atoms with van der Waals surface area (Å²) in [4.78, 5) is 11.6. The van der Waals surface area contributed by atoms with Crippen LogP contribution in [0, 0.1) is 11.8 Å². The molecule has 1 aliphatic heterocycles. The first-order chi connectivity index (χ1) is 14.9. The van der Waals surface area contributed by atoms with Crippen molar-refractivity contribution >= 4 is 41.7 Å². The highest BCUT2D eigenvalue weighted by Crippen LogP contribution is 2.33. The number of aryl methyl sites for hydroxylation is 1. The van der Waals surface area contributed by atoms with Crippen molar-refractivity contribution < 1.29 is 14.5 Å². The number of nitrogen functional groups attached to an aromatic ring is 1. The normalized spacial score (nSPS) is 13.5. The number of anilines is 1. The number of imidazole rings is 1. The molecule has 3 N–H and O–H groups in total. The Kier molecular flexibility index (Phi) is 8.91. The maximum atomic E-state index is 10.0. The Hall–Kier alpha value is -2.58. The van der Waals surface area contributed by atoms with Crippen LogP contribution < -0.4 is 10.5 Å². The molecule has 3 aromatic heterocycles. The second-order valence-electron chi connectivity index (χ2n) is 8.05. The monoisotopic (exact) mass is 497 g/mol. The van der Waals surface area contributed by atoms with Crippen molar-refractivity contribution in [3.63, 3.8) is 0 Å². The number of nitrogens with zero attached hydrogens (tertiary/aromatic N) is 6. The quantitative estimate of drug-likeness (QED) is 0.373. The number of likely N-dealkylation sites (tertiary alicyclic amines) is 1. The van der Waals surface area contributed by atoms with Gasteiger partial charge in [0.25, 0.3) is 0 Å². The van der Waals surface area contributed by atoms with Crippen molar-refractivity contribution in [1.82, 2.24) is 29.7 Å². The number of halogens is 2. The summed E-state index contributed by atoms with van der Waals surface area (Å²) < 4.78 is 12.8. The van der Waals surface area contributed by atoms with Crippen molar-refractivity contribution in [2.75, 3.05) is 32.0 Å². The van der Waals surface area contributed by atoms with Crippen LogP contribution in [0.5, 0.6) is 5.75 Å². The molecule has 0 atom stereocenters. The fourth-order valence-corrected chi connectivity index (χ4v) is 3.44. The smallest absolute Gasteiger partial charge is 0.199 e. The Bertz CT molecular complexity index is 1140. The van der Waals surface area contributed by atoms with Gasteiger partial charge in [-0.2, -0.15) is 0 Å². The van der Waals surface area contributed by atoms with E-state index in [4.69, 9.17) is 20.1 Å². The van der Waals surface area contributed by atoms with E-state index in [-0.39, 0.29) is 30.6 Å². The lowest BCUT2D eigenvalue weighted by molar-refractivity contribution is 0.143. The van der Waals surface area contributed by atoms with Crippen LogP contribution in [0.4, 0.5) is 5.82 Å². The number of nitrogens with two attached hydrogens (primary N) is 1. The Morgan fingerprint density at radius 1 is 1.27 bits per heavy atom. The van der Waals surface area contributed by atoms with Gasteiger partial charge >= 0.3 is 0 Å². The SMILES string of the molecule is CCn1c(-c2nonc2N)nc2c(C#CC(C)(C)O)ncc(OCCCN3CCC3)c21.Cl.Cl. The Morgan fingerprint density at radius 2 is 2.03 bits per heavy atom. The van der Waals surface area contributed by atoms with Gasteiger partial charge in [0.1, 0.15) is 22.3 Å². The van der Waals surface area contributed by atoms with Gasteiger partial charge < -0.3 is 25.0 Å². The van der Waals surface area contributed by atoms with E-state index in [0.29, 0.717) is 41.6 Å². The minimum absolute atomic E-state index is 0. The molecule has 0 bridgehead atoms. The standard InChI is InChI=1S/C21H27N7O3.2ClH/c1-4-28-18-15(30-12-6-11-27-9-5-10-27)13-23-14(7-8-21(2,3)29)16(18)24-20(28)17-19(22)26-31-25-17;;/h13,29H,4-6,9-12H2,1-3H3,(H2,22,26);2*1H. The summed E-state index contributed by atoms with van der Waals surface area (Å²) >= 11 is 0. The molecule has 180 valence electrons. The first-order valence-corrected chi connectivity index (χ1v) is 10.5. The number of ether oxygens (including phenoxy) is 1. The molecule has 0 aliphatic carbocycles. The molecule has 33 heavy (non-hydrogen) atoms. The van der Waals surface area contributed by atoms with Crippen molar-refractivity contribution in [1.29, 1.82) is 0 Å². The van der Waals surface area contributed by atoms with Gasteiger partial charge in [0, 0.05) is 13.1 Å². The third-order valence-corrected chi connectivity index (χ3v) is 5.09. The molecule has 3 aromatic rings. The van der Waals surface area contributed by atoms with Crippen LogP contribution in [0.15, 0.2) is 10.8 Å². The van der Waals surface area contributed by atoms with Gasteiger partial charge in [-0.25, -0.2) is 14.6 Å². The zero-order valence-electron chi connectivity index (χ0n) is 18.9. The highest BCUT2D eigenvalue weighted by atomic mass is 35.5. The predicted octanol–water partition coefficient (Wildman–Crippen LogP) is 2.52. The summed E-state index contributed by atoms with van der Waals surface area (Å²) in [6, 6.07) is 0. The van der Waals surface area contributed by atoms with E-state index in [1.165, 1.54) is 19.5 Å². The molecular weight excluding hydrogens is 469 g/mol. The van der Waals surface area contributed by atoms with E-state index in [1.54, 1.807) is 20.0 Å². The van der Waals surface area contributed by atoms with Gasteiger partial charge in [0.2, 0.25) is 0 Å². The molecule has 4 heterocycles. The first kappa shape index (κ1) is 26.7. The number of fused-ring (bicyclic) bond motifs is 1. The maximum absolute atomic E-state index is 10.0. The molecule has 1 aliphatic rings. The second-order valence-corrected chi connectivity index (χ2v) is 8.05. The van der Waals surface area contributed by atoms with E-state index >= 15 is 0 Å². The van der Waals surface area contributed by atoms with Gasteiger partial charge in [0.15, 0.2) is 23.1 Å². The number of rotatable bonds is 7.